The van der Waals surface area contributed by atoms with Gasteiger partial charge in [0.25, 0.3) is 0 Å². The summed E-state index contributed by atoms with van der Waals surface area (Å²) in [5, 5.41) is 3.99. The molecule has 0 amide bonds. The lowest BCUT2D eigenvalue weighted by atomic mass is 10.2. The van der Waals surface area contributed by atoms with Crippen molar-refractivity contribution in [2.75, 3.05) is 7.11 Å². The molecule has 0 saturated carbocycles. The maximum atomic E-state index is 6.13. The Labute approximate surface area is 124 Å². The summed E-state index contributed by atoms with van der Waals surface area (Å²) >= 11 is 6.13. The zero-order valence-electron chi connectivity index (χ0n) is 12.1. The summed E-state index contributed by atoms with van der Waals surface area (Å²) in [4.78, 5) is 0. The van der Waals surface area contributed by atoms with Crippen LogP contribution in [0.5, 0.6) is 5.75 Å². The number of furan rings is 1. The lowest BCUT2D eigenvalue weighted by molar-refractivity contribution is 0.415. The standard InChI is InChI=1S/C16H20ClNO2/c1-4-11(2)18-10-13-6-8-15(20-13)12-5-7-16(19-3)14(17)9-12/h5-9,11,18H,4,10H2,1-3H3. The van der Waals surface area contributed by atoms with Gasteiger partial charge >= 0.3 is 0 Å². The van der Waals surface area contributed by atoms with Gasteiger partial charge in [-0.15, -0.1) is 0 Å². The number of halogens is 1. The van der Waals surface area contributed by atoms with E-state index < -0.39 is 0 Å². The topological polar surface area (TPSA) is 34.4 Å². The fraction of sp³-hybridized carbons (Fsp3) is 0.375. The minimum absolute atomic E-state index is 0.485. The molecule has 0 fully saturated rings. The SMILES string of the molecule is CCC(C)NCc1ccc(-c2ccc(OC)c(Cl)c2)o1. The van der Waals surface area contributed by atoms with Gasteiger partial charge in [0.1, 0.15) is 17.3 Å². The molecule has 0 bridgehead atoms. The molecular weight excluding hydrogens is 274 g/mol. The largest absolute Gasteiger partial charge is 0.495 e. The van der Waals surface area contributed by atoms with Crippen molar-refractivity contribution in [2.45, 2.75) is 32.9 Å². The molecule has 1 N–H and O–H groups in total. The summed E-state index contributed by atoms with van der Waals surface area (Å²) in [7, 11) is 1.60. The molecule has 108 valence electrons. The first-order valence-electron chi connectivity index (χ1n) is 6.80. The normalized spacial score (nSPS) is 12.4. The van der Waals surface area contributed by atoms with Gasteiger partial charge in [-0.25, -0.2) is 0 Å². The van der Waals surface area contributed by atoms with Gasteiger partial charge in [0.05, 0.1) is 18.7 Å². The first-order chi connectivity index (χ1) is 9.63. The molecule has 1 unspecified atom stereocenters. The Kier molecular flexibility index (Phi) is 5.10. The molecule has 0 saturated heterocycles. The van der Waals surface area contributed by atoms with Crippen LogP contribution in [0.4, 0.5) is 0 Å². The maximum Gasteiger partial charge on any atom is 0.137 e. The Hall–Kier alpha value is -1.45. The zero-order valence-corrected chi connectivity index (χ0v) is 12.8. The van der Waals surface area contributed by atoms with Crippen molar-refractivity contribution in [3.8, 4) is 17.1 Å². The van der Waals surface area contributed by atoms with Crippen LogP contribution in [0.15, 0.2) is 34.7 Å². The predicted octanol–water partition coefficient (Wildman–Crippen LogP) is 4.50. The van der Waals surface area contributed by atoms with Gasteiger partial charge in [0.2, 0.25) is 0 Å². The van der Waals surface area contributed by atoms with Crippen LogP contribution in [0.2, 0.25) is 5.02 Å². The van der Waals surface area contributed by atoms with E-state index in [-0.39, 0.29) is 0 Å². The minimum atomic E-state index is 0.485. The quantitative estimate of drug-likeness (QED) is 0.852. The molecule has 0 aliphatic carbocycles. The second kappa shape index (κ2) is 6.82. The van der Waals surface area contributed by atoms with E-state index >= 15 is 0 Å². The van der Waals surface area contributed by atoms with Crippen molar-refractivity contribution in [2.24, 2.45) is 0 Å². The van der Waals surface area contributed by atoms with E-state index in [4.69, 9.17) is 20.8 Å². The van der Waals surface area contributed by atoms with E-state index in [1.807, 2.05) is 30.3 Å². The van der Waals surface area contributed by atoms with E-state index in [1.54, 1.807) is 7.11 Å². The van der Waals surface area contributed by atoms with Crippen molar-refractivity contribution in [1.82, 2.24) is 5.32 Å². The fourth-order valence-electron chi connectivity index (χ4n) is 1.87. The average molecular weight is 294 g/mol. The van der Waals surface area contributed by atoms with Gasteiger partial charge in [-0.1, -0.05) is 18.5 Å². The molecule has 1 aromatic heterocycles. The highest BCUT2D eigenvalue weighted by Gasteiger charge is 2.08. The van der Waals surface area contributed by atoms with E-state index in [0.29, 0.717) is 16.8 Å². The molecule has 1 heterocycles. The van der Waals surface area contributed by atoms with Crippen LogP contribution in [0.3, 0.4) is 0 Å². The third-order valence-corrected chi connectivity index (χ3v) is 3.63. The minimum Gasteiger partial charge on any atom is -0.495 e. The number of hydrogen-bond acceptors (Lipinski definition) is 3. The van der Waals surface area contributed by atoms with Gasteiger partial charge in [-0.2, -0.15) is 0 Å². The number of hydrogen-bond donors (Lipinski definition) is 1. The Balaban J connectivity index is 2.10. The van der Waals surface area contributed by atoms with E-state index in [9.17, 15) is 0 Å². The Morgan fingerprint density at radius 3 is 2.75 bits per heavy atom. The maximum absolute atomic E-state index is 6.13. The molecule has 1 aromatic carbocycles. The second-order valence-corrected chi connectivity index (χ2v) is 5.21. The number of ether oxygens (including phenoxy) is 1. The van der Waals surface area contributed by atoms with Crippen LogP contribution in [0.25, 0.3) is 11.3 Å². The van der Waals surface area contributed by atoms with Crippen molar-refractivity contribution in [1.29, 1.82) is 0 Å². The summed E-state index contributed by atoms with van der Waals surface area (Å²) in [6, 6.07) is 10.1. The van der Waals surface area contributed by atoms with Crippen LogP contribution in [-0.4, -0.2) is 13.2 Å². The molecule has 2 rings (SSSR count). The van der Waals surface area contributed by atoms with Crippen molar-refractivity contribution >= 4 is 11.6 Å². The summed E-state index contributed by atoms with van der Waals surface area (Å²) in [5.41, 5.74) is 0.950. The molecule has 1 atom stereocenters. The Morgan fingerprint density at radius 2 is 2.10 bits per heavy atom. The van der Waals surface area contributed by atoms with Crippen LogP contribution < -0.4 is 10.1 Å². The molecule has 0 aliphatic heterocycles. The molecule has 3 nitrogen and oxygen atoms in total. The fourth-order valence-corrected chi connectivity index (χ4v) is 2.12. The highest BCUT2D eigenvalue weighted by molar-refractivity contribution is 6.32. The molecule has 0 spiro atoms. The highest BCUT2D eigenvalue weighted by Crippen LogP contribution is 2.31. The van der Waals surface area contributed by atoms with Crippen molar-refractivity contribution < 1.29 is 9.15 Å². The van der Waals surface area contributed by atoms with Gasteiger partial charge < -0.3 is 14.5 Å². The van der Waals surface area contributed by atoms with Crippen LogP contribution in [0, 0.1) is 0 Å². The second-order valence-electron chi connectivity index (χ2n) is 4.81. The summed E-state index contributed by atoms with van der Waals surface area (Å²) in [5.74, 6) is 2.41. The molecule has 4 heteroatoms. The molecule has 2 aromatic rings. The predicted molar refractivity (Wildman–Crippen MR) is 82.3 cm³/mol. The zero-order chi connectivity index (χ0) is 14.5. The first kappa shape index (κ1) is 14.9. The average Bonchev–Trinajstić information content (AvgIpc) is 2.93. The van der Waals surface area contributed by atoms with Crippen LogP contribution >= 0.6 is 11.6 Å². The number of benzene rings is 1. The van der Waals surface area contributed by atoms with Crippen LogP contribution in [-0.2, 0) is 6.54 Å². The van der Waals surface area contributed by atoms with Gasteiger partial charge in [0.15, 0.2) is 0 Å². The molecule has 0 radical (unpaired) electrons. The lowest BCUT2D eigenvalue weighted by Gasteiger charge is -2.09. The summed E-state index contributed by atoms with van der Waals surface area (Å²) in [6.45, 7) is 5.05. The Morgan fingerprint density at radius 1 is 1.30 bits per heavy atom. The number of rotatable bonds is 6. The molecular formula is C16H20ClNO2. The molecule has 20 heavy (non-hydrogen) atoms. The van der Waals surface area contributed by atoms with Crippen molar-refractivity contribution in [3.05, 3.63) is 41.1 Å². The summed E-state index contributed by atoms with van der Waals surface area (Å²) in [6.07, 6.45) is 1.10. The molecule has 0 aliphatic rings. The van der Waals surface area contributed by atoms with E-state index in [0.717, 1.165) is 30.0 Å². The third-order valence-electron chi connectivity index (χ3n) is 3.34. The monoisotopic (exact) mass is 293 g/mol. The number of nitrogens with one attached hydrogen (secondary N) is 1. The number of methoxy groups -OCH3 is 1. The van der Waals surface area contributed by atoms with Crippen molar-refractivity contribution in [3.63, 3.8) is 0 Å². The van der Waals surface area contributed by atoms with Crippen LogP contribution in [0.1, 0.15) is 26.0 Å². The van der Waals surface area contributed by atoms with E-state index in [1.165, 1.54) is 0 Å². The third kappa shape index (κ3) is 3.56. The van der Waals surface area contributed by atoms with Gasteiger partial charge in [-0.3, -0.25) is 0 Å². The smallest absolute Gasteiger partial charge is 0.137 e. The lowest BCUT2D eigenvalue weighted by Crippen LogP contribution is -2.24. The van der Waals surface area contributed by atoms with Gasteiger partial charge in [0, 0.05) is 11.6 Å². The summed E-state index contributed by atoms with van der Waals surface area (Å²) < 4.78 is 11.0. The Bertz CT molecular complexity index is 565. The first-order valence-corrected chi connectivity index (χ1v) is 7.17. The van der Waals surface area contributed by atoms with Gasteiger partial charge in [-0.05, 0) is 43.7 Å². The highest BCUT2D eigenvalue weighted by atomic mass is 35.5. The van der Waals surface area contributed by atoms with E-state index in [2.05, 4.69) is 19.2 Å².